The van der Waals surface area contributed by atoms with Crippen LogP contribution < -0.4 is 0 Å². The van der Waals surface area contributed by atoms with Gasteiger partial charge in [-0.2, -0.15) is 0 Å². The van der Waals surface area contributed by atoms with E-state index in [0.717, 1.165) is 30.5 Å². The van der Waals surface area contributed by atoms with Gasteiger partial charge in [0.15, 0.2) is 0 Å². The number of aliphatic hydroxyl groups excluding tert-OH is 1. The van der Waals surface area contributed by atoms with Gasteiger partial charge >= 0.3 is 0 Å². The lowest BCUT2D eigenvalue weighted by Crippen LogP contribution is -2.31. The van der Waals surface area contributed by atoms with Crippen LogP contribution in [0.15, 0.2) is 42.5 Å². The van der Waals surface area contributed by atoms with Crippen molar-refractivity contribution >= 4 is 21.5 Å². The molecule has 2 nitrogen and oxygen atoms in total. The van der Waals surface area contributed by atoms with Gasteiger partial charge in [-0.05, 0) is 108 Å². The molecule has 3 aromatic carbocycles. The van der Waals surface area contributed by atoms with E-state index in [4.69, 9.17) is 0 Å². The Bertz CT molecular complexity index is 1050. The van der Waals surface area contributed by atoms with Crippen LogP contribution in [0.3, 0.4) is 0 Å². The van der Waals surface area contributed by atoms with Gasteiger partial charge < -0.3 is 10.0 Å². The van der Waals surface area contributed by atoms with Gasteiger partial charge in [0.2, 0.25) is 0 Å². The summed E-state index contributed by atoms with van der Waals surface area (Å²) >= 11 is 0. The van der Waals surface area contributed by atoms with Crippen LogP contribution in [0, 0.1) is 18.8 Å². The Kier molecular flexibility index (Phi) is 9.56. The van der Waals surface area contributed by atoms with Crippen LogP contribution in [0.4, 0.5) is 0 Å². The molecule has 1 unspecified atom stereocenters. The van der Waals surface area contributed by atoms with E-state index < -0.39 is 6.10 Å². The van der Waals surface area contributed by atoms with Crippen molar-refractivity contribution in [1.29, 1.82) is 0 Å². The zero-order valence-corrected chi connectivity index (χ0v) is 22.7. The molecule has 1 N–H and O–H groups in total. The monoisotopic (exact) mass is 461 g/mol. The predicted molar refractivity (Wildman–Crippen MR) is 150 cm³/mol. The molecular formula is C32H47NO. The normalized spacial score (nSPS) is 13.3. The highest BCUT2D eigenvalue weighted by molar-refractivity contribution is 6.08. The van der Waals surface area contributed by atoms with Crippen molar-refractivity contribution in [2.45, 2.75) is 86.2 Å². The molecule has 0 saturated heterocycles. The van der Waals surface area contributed by atoms with Gasteiger partial charge in [-0.25, -0.2) is 0 Å². The Morgan fingerprint density at radius 3 is 1.91 bits per heavy atom. The number of rotatable bonds is 12. The largest absolute Gasteiger partial charge is 0.387 e. The lowest BCUT2D eigenvalue weighted by Gasteiger charge is -2.26. The van der Waals surface area contributed by atoms with Crippen LogP contribution in [0.5, 0.6) is 0 Å². The van der Waals surface area contributed by atoms with Crippen molar-refractivity contribution in [2.24, 2.45) is 11.8 Å². The van der Waals surface area contributed by atoms with Crippen LogP contribution in [0.25, 0.3) is 21.5 Å². The average Bonchev–Trinajstić information content (AvgIpc) is 2.77. The van der Waals surface area contributed by atoms with Gasteiger partial charge in [-0.15, -0.1) is 0 Å². The molecule has 0 saturated carbocycles. The van der Waals surface area contributed by atoms with Crippen molar-refractivity contribution in [3.05, 3.63) is 59.2 Å². The summed E-state index contributed by atoms with van der Waals surface area (Å²) in [5.41, 5.74) is 3.66. The van der Waals surface area contributed by atoms with Crippen molar-refractivity contribution in [3.63, 3.8) is 0 Å². The molecule has 1 atom stereocenters. The van der Waals surface area contributed by atoms with Crippen LogP contribution >= 0.6 is 0 Å². The minimum Gasteiger partial charge on any atom is -0.387 e. The van der Waals surface area contributed by atoms with Gasteiger partial charge in [-0.3, -0.25) is 0 Å². The van der Waals surface area contributed by atoms with E-state index in [1.807, 2.05) is 0 Å². The third kappa shape index (κ3) is 7.06. The minimum atomic E-state index is -0.466. The van der Waals surface area contributed by atoms with Gasteiger partial charge in [-0.1, -0.05) is 77.9 Å². The first kappa shape index (κ1) is 26.7. The summed E-state index contributed by atoms with van der Waals surface area (Å²) in [6.07, 6.45) is 4.43. The van der Waals surface area contributed by atoms with Crippen LogP contribution in [0.1, 0.15) is 95.9 Å². The van der Waals surface area contributed by atoms with Crippen molar-refractivity contribution in [3.8, 4) is 0 Å². The fraction of sp³-hybridized carbons (Fsp3) is 0.562. The number of hydrogen-bond acceptors (Lipinski definition) is 2. The van der Waals surface area contributed by atoms with E-state index in [2.05, 4.69) is 95.8 Å². The molecule has 3 rings (SSSR count). The average molecular weight is 462 g/mol. The lowest BCUT2D eigenvalue weighted by atomic mass is 9.92. The first-order valence-corrected chi connectivity index (χ1v) is 13.5. The summed E-state index contributed by atoms with van der Waals surface area (Å²) in [7, 11) is 0. The van der Waals surface area contributed by atoms with Gasteiger partial charge in [0.25, 0.3) is 0 Å². The first-order valence-electron chi connectivity index (χ1n) is 13.5. The van der Waals surface area contributed by atoms with E-state index in [-0.39, 0.29) is 0 Å². The number of aryl methyl sites for hydroxylation is 1. The molecule has 0 bridgehead atoms. The maximum Gasteiger partial charge on any atom is 0.0917 e. The Balaban J connectivity index is 1.86. The number of benzene rings is 3. The molecule has 0 aromatic heterocycles. The Morgan fingerprint density at radius 2 is 1.32 bits per heavy atom. The molecule has 0 aliphatic heterocycles. The maximum atomic E-state index is 11.3. The molecule has 0 spiro atoms. The molecule has 186 valence electrons. The summed E-state index contributed by atoms with van der Waals surface area (Å²) in [6, 6.07) is 15.8. The summed E-state index contributed by atoms with van der Waals surface area (Å²) in [5, 5.41) is 16.4. The topological polar surface area (TPSA) is 23.5 Å². The van der Waals surface area contributed by atoms with Crippen molar-refractivity contribution in [2.75, 3.05) is 19.6 Å². The second kappa shape index (κ2) is 12.2. The highest BCUT2D eigenvalue weighted by atomic mass is 16.3. The zero-order valence-electron chi connectivity index (χ0n) is 22.7. The molecule has 0 fully saturated rings. The molecule has 0 radical (unpaired) electrons. The van der Waals surface area contributed by atoms with E-state index in [1.54, 1.807) is 0 Å². The van der Waals surface area contributed by atoms with Crippen molar-refractivity contribution in [1.82, 2.24) is 4.90 Å². The Morgan fingerprint density at radius 1 is 0.706 bits per heavy atom. The molecular weight excluding hydrogens is 414 g/mol. The second-order valence-corrected chi connectivity index (χ2v) is 11.5. The van der Waals surface area contributed by atoms with Gasteiger partial charge in [0.1, 0.15) is 0 Å². The van der Waals surface area contributed by atoms with E-state index in [0.29, 0.717) is 12.5 Å². The smallest absolute Gasteiger partial charge is 0.0917 e. The third-order valence-electron chi connectivity index (χ3n) is 7.20. The summed E-state index contributed by atoms with van der Waals surface area (Å²) in [4.78, 5) is 2.49. The molecule has 0 aliphatic carbocycles. The maximum absolute atomic E-state index is 11.3. The van der Waals surface area contributed by atoms with E-state index in [1.165, 1.54) is 58.4 Å². The highest BCUT2D eigenvalue weighted by Gasteiger charge is 2.16. The number of fused-ring (bicyclic) bond motifs is 3. The number of hydrogen-bond donors (Lipinski definition) is 1. The molecule has 2 heteroatoms. The Hall–Kier alpha value is -1.90. The third-order valence-corrected chi connectivity index (χ3v) is 7.20. The summed E-state index contributed by atoms with van der Waals surface area (Å²) in [6.45, 7) is 18.7. The molecule has 0 heterocycles. The van der Waals surface area contributed by atoms with Gasteiger partial charge in [0, 0.05) is 6.54 Å². The Labute approximate surface area is 208 Å². The number of aliphatic hydroxyl groups is 1. The van der Waals surface area contributed by atoms with Crippen LogP contribution in [-0.4, -0.2) is 29.6 Å². The first-order chi connectivity index (χ1) is 16.2. The number of nitrogens with zero attached hydrogens (tertiary/aromatic N) is 1. The zero-order chi connectivity index (χ0) is 24.8. The predicted octanol–water partition coefficient (Wildman–Crippen LogP) is 8.63. The van der Waals surface area contributed by atoms with E-state index >= 15 is 0 Å². The van der Waals surface area contributed by atoms with Crippen LogP contribution in [-0.2, 0) is 0 Å². The van der Waals surface area contributed by atoms with Gasteiger partial charge in [0.05, 0.1) is 6.10 Å². The highest BCUT2D eigenvalue weighted by Crippen LogP contribution is 2.32. The fourth-order valence-corrected chi connectivity index (χ4v) is 5.05. The van der Waals surface area contributed by atoms with E-state index in [9.17, 15) is 5.11 Å². The molecule has 3 aromatic rings. The standard InChI is InChI=1S/C32H47NO/c1-22(2)10-8-16-33(17-9-11-23(3)4)21-32(34)28-18-25(7)29-14-13-27-19-26(24(5)6)12-15-30(27)31(29)20-28/h12-15,18-20,22-24,32,34H,8-11,16-17,21H2,1-7H3. The lowest BCUT2D eigenvalue weighted by molar-refractivity contribution is 0.109. The summed E-state index contributed by atoms with van der Waals surface area (Å²) < 4.78 is 0. The quantitative estimate of drug-likeness (QED) is 0.273. The second-order valence-electron chi connectivity index (χ2n) is 11.5. The molecule has 0 amide bonds. The minimum absolute atomic E-state index is 0.466. The molecule has 0 aliphatic rings. The van der Waals surface area contributed by atoms with Crippen LogP contribution in [0.2, 0.25) is 0 Å². The summed E-state index contributed by atoms with van der Waals surface area (Å²) in [5.74, 6) is 1.98. The molecule has 34 heavy (non-hydrogen) atoms. The SMILES string of the molecule is Cc1cc(C(O)CN(CCCC(C)C)CCCC(C)C)cc2c1ccc1cc(C(C)C)ccc12. The fourth-order valence-electron chi connectivity index (χ4n) is 5.05. The van der Waals surface area contributed by atoms with Crippen molar-refractivity contribution < 1.29 is 5.11 Å².